The first-order chi connectivity index (χ1) is 13.3. The normalized spacial score (nSPS) is 14.9. The Morgan fingerprint density at radius 1 is 1.21 bits per heavy atom. The lowest BCUT2D eigenvalue weighted by Crippen LogP contribution is -2.36. The second-order valence-corrected chi connectivity index (χ2v) is 9.18. The summed E-state index contributed by atoms with van der Waals surface area (Å²) in [7, 11) is -2.28. The lowest BCUT2D eigenvalue weighted by molar-refractivity contribution is -0.131. The Labute approximate surface area is 165 Å². The summed E-state index contributed by atoms with van der Waals surface area (Å²) in [6, 6.07) is 4.88. The molecule has 2 aromatic rings. The third-order valence-corrected chi connectivity index (χ3v) is 6.94. The van der Waals surface area contributed by atoms with Crippen molar-refractivity contribution in [2.45, 2.75) is 44.4 Å². The molecule has 0 saturated carbocycles. The number of hydrogen-bond donors (Lipinski definition) is 0. The number of benzene rings is 1. The molecule has 1 aliphatic rings. The van der Waals surface area contributed by atoms with Gasteiger partial charge in [-0.25, -0.2) is 8.42 Å². The fourth-order valence-electron chi connectivity index (χ4n) is 3.38. The predicted octanol–water partition coefficient (Wildman–Crippen LogP) is 3.14. The maximum atomic E-state index is 13.0. The maximum Gasteiger partial charge on any atom is 0.223 e. The van der Waals surface area contributed by atoms with E-state index in [9.17, 15) is 13.2 Å². The highest BCUT2D eigenvalue weighted by atomic mass is 32.2. The zero-order valence-corrected chi connectivity index (χ0v) is 17.3. The molecule has 0 unspecified atom stereocenters. The van der Waals surface area contributed by atoms with Crippen LogP contribution in [0.4, 0.5) is 0 Å². The third-order valence-electron chi connectivity index (χ3n) is 5.21. The van der Waals surface area contributed by atoms with Crippen LogP contribution in [0.15, 0.2) is 27.6 Å². The predicted molar refractivity (Wildman–Crippen MR) is 105 cm³/mol. The van der Waals surface area contributed by atoms with Crippen molar-refractivity contribution >= 4 is 15.7 Å². The third kappa shape index (κ3) is 4.22. The minimum atomic E-state index is -3.71. The highest BCUT2D eigenvalue weighted by Crippen LogP contribution is 2.33. The number of carbonyl (C=O) groups is 1. The first-order valence-corrected chi connectivity index (χ1v) is 11.1. The molecule has 8 heteroatoms. The van der Waals surface area contributed by atoms with Crippen molar-refractivity contribution in [1.29, 1.82) is 0 Å². The summed E-state index contributed by atoms with van der Waals surface area (Å²) >= 11 is 0. The SMILES string of the molecule is COc1ccc(-c2onc(C)c2C)cc1S(=O)(=O)CCC(=O)N1CCCCC1. The van der Waals surface area contributed by atoms with Gasteiger partial charge in [-0.05, 0) is 51.3 Å². The minimum absolute atomic E-state index is 0.0316. The number of rotatable bonds is 6. The van der Waals surface area contributed by atoms with E-state index in [2.05, 4.69) is 5.16 Å². The molecule has 2 heterocycles. The van der Waals surface area contributed by atoms with E-state index in [0.29, 0.717) is 24.4 Å². The Balaban J connectivity index is 1.84. The van der Waals surface area contributed by atoms with Crippen molar-refractivity contribution in [2.24, 2.45) is 0 Å². The number of ether oxygens (including phenoxy) is 1. The topological polar surface area (TPSA) is 89.7 Å². The van der Waals surface area contributed by atoms with E-state index in [-0.39, 0.29) is 28.7 Å². The van der Waals surface area contributed by atoms with Gasteiger partial charge >= 0.3 is 0 Å². The van der Waals surface area contributed by atoms with Crippen LogP contribution in [0.2, 0.25) is 0 Å². The summed E-state index contributed by atoms with van der Waals surface area (Å²) < 4.78 is 36.6. The van der Waals surface area contributed by atoms with Crippen LogP contribution in [0.25, 0.3) is 11.3 Å². The Kier molecular flexibility index (Phi) is 6.07. The van der Waals surface area contributed by atoms with Gasteiger partial charge in [0.25, 0.3) is 0 Å². The number of piperidine rings is 1. The van der Waals surface area contributed by atoms with Gasteiger partial charge in [0.2, 0.25) is 5.91 Å². The first-order valence-electron chi connectivity index (χ1n) is 9.45. The van der Waals surface area contributed by atoms with Crippen molar-refractivity contribution in [2.75, 3.05) is 26.0 Å². The molecule has 7 nitrogen and oxygen atoms in total. The lowest BCUT2D eigenvalue weighted by Gasteiger charge is -2.26. The molecular weight excluding hydrogens is 380 g/mol. The molecule has 152 valence electrons. The van der Waals surface area contributed by atoms with Crippen LogP contribution in [0.5, 0.6) is 5.75 Å². The molecule has 1 saturated heterocycles. The Hall–Kier alpha value is -2.35. The fraction of sp³-hybridized carbons (Fsp3) is 0.500. The van der Waals surface area contributed by atoms with Crippen LogP contribution in [0, 0.1) is 13.8 Å². The minimum Gasteiger partial charge on any atom is -0.495 e. The largest absolute Gasteiger partial charge is 0.495 e. The summed E-state index contributed by atoms with van der Waals surface area (Å²) in [6.45, 7) is 5.12. The second-order valence-electron chi connectivity index (χ2n) is 7.10. The van der Waals surface area contributed by atoms with Crippen molar-refractivity contribution < 1.29 is 22.5 Å². The standard InChI is InChI=1S/C20H26N2O5S/c1-14-15(2)21-27-20(14)16-7-8-17(26-3)18(13-16)28(24,25)12-9-19(23)22-10-5-4-6-11-22/h7-8,13H,4-6,9-12H2,1-3H3. The van der Waals surface area contributed by atoms with Crippen molar-refractivity contribution in [1.82, 2.24) is 10.1 Å². The number of hydrogen-bond acceptors (Lipinski definition) is 6. The Bertz CT molecular complexity index is 959. The van der Waals surface area contributed by atoms with Gasteiger partial charge in [-0.15, -0.1) is 0 Å². The molecular formula is C20H26N2O5S. The van der Waals surface area contributed by atoms with E-state index in [1.54, 1.807) is 17.0 Å². The van der Waals surface area contributed by atoms with Gasteiger partial charge in [0, 0.05) is 30.6 Å². The summed E-state index contributed by atoms with van der Waals surface area (Å²) in [4.78, 5) is 14.2. The summed E-state index contributed by atoms with van der Waals surface area (Å²) in [5.41, 5.74) is 2.22. The first kappa shape index (κ1) is 20.4. The van der Waals surface area contributed by atoms with Gasteiger partial charge in [0.15, 0.2) is 15.6 Å². The molecule has 3 rings (SSSR count). The van der Waals surface area contributed by atoms with Gasteiger partial charge in [-0.3, -0.25) is 4.79 Å². The van der Waals surface area contributed by atoms with E-state index >= 15 is 0 Å². The van der Waals surface area contributed by atoms with Crippen LogP contribution in [-0.4, -0.2) is 50.3 Å². The molecule has 0 atom stereocenters. The van der Waals surface area contributed by atoms with E-state index in [1.165, 1.54) is 13.2 Å². The second kappa shape index (κ2) is 8.34. The van der Waals surface area contributed by atoms with E-state index in [4.69, 9.17) is 9.26 Å². The maximum absolute atomic E-state index is 13.0. The molecule has 28 heavy (non-hydrogen) atoms. The molecule has 0 radical (unpaired) electrons. The molecule has 0 bridgehead atoms. The van der Waals surface area contributed by atoms with Crippen molar-refractivity contribution in [3.05, 3.63) is 29.5 Å². The lowest BCUT2D eigenvalue weighted by atomic mass is 10.1. The van der Waals surface area contributed by atoms with E-state index in [0.717, 1.165) is 30.5 Å². The molecule has 1 fully saturated rings. The van der Waals surface area contributed by atoms with Gasteiger partial charge in [0.1, 0.15) is 10.6 Å². The molecule has 0 N–H and O–H groups in total. The van der Waals surface area contributed by atoms with Crippen molar-refractivity contribution in [3.8, 4) is 17.1 Å². The molecule has 1 aliphatic heterocycles. The number of carbonyl (C=O) groups excluding carboxylic acids is 1. The van der Waals surface area contributed by atoms with Crippen LogP contribution >= 0.6 is 0 Å². The van der Waals surface area contributed by atoms with E-state index < -0.39 is 9.84 Å². The summed E-state index contributed by atoms with van der Waals surface area (Å²) in [6.07, 6.45) is 3.04. The number of methoxy groups -OCH3 is 1. The molecule has 1 aromatic heterocycles. The monoisotopic (exact) mass is 406 g/mol. The van der Waals surface area contributed by atoms with E-state index in [1.807, 2.05) is 13.8 Å². The number of sulfone groups is 1. The van der Waals surface area contributed by atoms with Crippen molar-refractivity contribution in [3.63, 3.8) is 0 Å². The molecule has 1 aromatic carbocycles. The average Bonchev–Trinajstić information content (AvgIpc) is 3.05. The number of amides is 1. The van der Waals surface area contributed by atoms with Crippen LogP contribution in [0.3, 0.4) is 0 Å². The van der Waals surface area contributed by atoms with Gasteiger partial charge in [0.05, 0.1) is 18.6 Å². The molecule has 1 amide bonds. The number of likely N-dealkylation sites (tertiary alicyclic amines) is 1. The molecule has 0 aliphatic carbocycles. The van der Waals surface area contributed by atoms with Gasteiger partial charge in [-0.2, -0.15) is 0 Å². The van der Waals surface area contributed by atoms with Gasteiger partial charge < -0.3 is 14.2 Å². The highest BCUT2D eigenvalue weighted by molar-refractivity contribution is 7.91. The van der Waals surface area contributed by atoms with Crippen LogP contribution in [-0.2, 0) is 14.6 Å². The zero-order valence-electron chi connectivity index (χ0n) is 16.5. The summed E-state index contributed by atoms with van der Waals surface area (Å²) in [5.74, 6) is 0.417. The smallest absolute Gasteiger partial charge is 0.223 e. The number of aryl methyl sites for hydroxylation is 1. The van der Waals surface area contributed by atoms with Crippen LogP contribution < -0.4 is 4.74 Å². The van der Waals surface area contributed by atoms with Crippen LogP contribution in [0.1, 0.15) is 36.9 Å². The summed E-state index contributed by atoms with van der Waals surface area (Å²) in [5, 5.41) is 3.93. The number of nitrogens with zero attached hydrogens (tertiary/aromatic N) is 2. The average molecular weight is 407 g/mol. The Morgan fingerprint density at radius 2 is 1.93 bits per heavy atom. The van der Waals surface area contributed by atoms with Gasteiger partial charge in [-0.1, -0.05) is 5.16 Å². The number of aromatic nitrogens is 1. The molecule has 0 spiro atoms. The zero-order chi connectivity index (χ0) is 20.3. The Morgan fingerprint density at radius 3 is 2.54 bits per heavy atom. The quantitative estimate of drug-likeness (QED) is 0.732. The fourth-order valence-corrected chi connectivity index (χ4v) is 4.81. The highest BCUT2D eigenvalue weighted by Gasteiger charge is 2.25.